The van der Waals surface area contributed by atoms with Gasteiger partial charge < -0.3 is 19.9 Å². The standard InChI is InChI=1S/C9H11BO4/c11-3-6-1-7(4-12)8-5-14-10(13)9(8)2-6/h1-2,11-13H,3-5H2. The van der Waals surface area contributed by atoms with E-state index in [4.69, 9.17) is 14.9 Å². The maximum atomic E-state index is 9.44. The molecule has 4 nitrogen and oxygen atoms in total. The number of fused-ring (bicyclic) bond motifs is 1. The smallest absolute Gasteiger partial charge is 0.423 e. The molecule has 0 fully saturated rings. The molecule has 2 rings (SSSR count). The van der Waals surface area contributed by atoms with Crippen LogP contribution in [-0.2, 0) is 24.5 Å². The highest BCUT2D eigenvalue weighted by molar-refractivity contribution is 6.61. The lowest BCUT2D eigenvalue weighted by Crippen LogP contribution is -2.29. The van der Waals surface area contributed by atoms with Gasteiger partial charge in [0.2, 0.25) is 0 Å². The molecule has 74 valence electrons. The quantitative estimate of drug-likeness (QED) is 0.522. The first-order valence-electron chi connectivity index (χ1n) is 4.42. The van der Waals surface area contributed by atoms with Gasteiger partial charge in [-0.1, -0.05) is 12.1 Å². The molecule has 1 aromatic carbocycles. The molecular formula is C9H11BO4. The Hall–Kier alpha value is -0.875. The summed E-state index contributed by atoms with van der Waals surface area (Å²) in [7, 11) is -0.929. The largest absolute Gasteiger partial charge is 0.491 e. The molecule has 0 amide bonds. The van der Waals surface area contributed by atoms with Gasteiger partial charge in [-0.2, -0.15) is 0 Å². The van der Waals surface area contributed by atoms with Crippen molar-refractivity contribution in [1.82, 2.24) is 0 Å². The van der Waals surface area contributed by atoms with Crippen LogP contribution in [0.5, 0.6) is 0 Å². The summed E-state index contributed by atoms with van der Waals surface area (Å²) >= 11 is 0. The summed E-state index contributed by atoms with van der Waals surface area (Å²) in [4.78, 5) is 0. The molecule has 3 N–H and O–H groups in total. The highest BCUT2D eigenvalue weighted by Crippen LogP contribution is 2.17. The van der Waals surface area contributed by atoms with Crippen molar-refractivity contribution in [1.29, 1.82) is 0 Å². The van der Waals surface area contributed by atoms with E-state index in [1.165, 1.54) is 0 Å². The van der Waals surface area contributed by atoms with Crippen molar-refractivity contribution in [2.24, 2.45) is 0 Å². The number of rotatable bonds is 2. The van der Waals surface area contributed by atoms with Gasteiger partial charge in [-0.15, -0.1) is 0 Å². The zero-order valence-corrected chi connectivity index (χ0v) is 7.60. The highest BCUT2D eigenvalue weighted by atomic mass is 16.5. The Labute approximate surface area is 81.9 Å². The third kappa shape index (κ3) is 1.44. The van der Waals surface area contributed by atoms with Crippen LogP contribution in [0.2, 0.25) is 0 Å². The average molecular weight is 194 g/mol. The van der Waals surface area contributed by atoms with Gasteiger partial charge in [0.05, 0.1) is 19.8 Å². The highest BCUT2D eigenvalue weighted by Gasteiger charge is 2.29. The minimum absolute atomic E-state index is 0.104. The molecule has 1 aliphatic rings. The Morgan fingerprint density at radius 1 is 1.29 bits per heavy atom. The second-order valence-corrected chi connectivity index (χ2v) is 3.30. The maximum absolute atomic E-state index is 9.44. The van der Waals surface area contributed by atoms with Crippen molar-refractivity contribution in [2.45, 2.75) is 19.8 Å². The van der Waals surface area contributed by atoms with Crippen molar-refractivity contribution in [3.05, 3.63) is 28.8 Å². The number of aliphatic hydroxyl groups is 2. The molecule has 0 bridgehead atoms. The van der Waals surface area contributed by atoms with Gasteiger partial charge in [0.25, 0.3) is 0 Å². The van der Waals surface area contributed by atoms with Gasteiger partial charge in [-0.3, -0.25) is 0 Å². The lowest BCUT2D eigenvalue weighted by Gasteiger charge is -2.07. The second-order valence-electron chi connectivity index (χ2n) is 3.30. The molecule has 1 aliphatic heterocycles. The van der Waals surface area contributed by atoms with E-state index in [-0.39, 0.29) is 13.2 Å². The van der Waals surface area contributed by atoms with E-state index in [0.717, 1.165) is 5.56 Å². The van der Waals surface area contributed by atoms with Crippen LogP contribution in [0.25, 0.3) is 0 Å². The predicted octanol–water partition coefficient (Wildman–Crippen LogP) is -1.11. The van der Waals surface area contributed by atoms with E-state index >= 15 is 0 Å². The second kappa shape index (κ2) is 3.71. The summed E-state index contributed by atoms with van der Waals surface area (Å²) in [5, 5.41) is 27.5. The van der Waals surface area contributed by atoms with Crippen LogP contribution < -0.4 is 5.46 Å². The monoisotopic (exact) mass is 194 g/mol. The zero-order valence-electron chi connectivity index (χ0n) is 7.60. The van der Waals surface area contributed by atoms with E-state index in [9.17, 15) is 5.02 Å². The molecular weight excluding hydrogens is 183 g/mol. The number of hydrogen-bond acceptors (Lipinski definition) is 4. The molecule has 0 atom stereocenters. The number of hydrogen-bond donors (Lipinski definition) is 3. The van der Waals surface area contributed by atoms with Crippen LogP contribution in [0.1, 0.15) is 16.7 Å². The van der Waals surface area contributed by atoms with Gasteiger partial charge in [-0.25, -0.2) is 0 Å². The summed E-state index contributed by atoms with van der Waals surface area (Å²) in [5.41, 5.74) is 2.87. The summed E-state index contributed by atoms with van der Waals surface area (Å²) in [5.74, 6) is 0. The van der Waals surface area contributed by atoms with E-state index in [0.29, 0.717) is 23.2 Å². The van der Waals surface area contributed by atoms with Crippen molar-refractivity contribution >= 4 is 12.6 Å². The Balaban J connectivity index is 2.52. The third-order valence-corrected chi connectivity index (χ3v) is 2.44. The van der Waals surface area contributed by atoms with Crippen LogP contribution in [0.4, 0.5) is 0 Å². The minimum atomic E-state index is -0.929. The Bertz CT molecular complexity index is 353. The molecule has 0 saturated heterocycles. The molecule has 0 unspecified atom stereocenters. The fraction of sp³-hybridized carbons (Fsp3) is 0.333. The fourth-order valence-electron chi connectivity index (χ4n) is 1.71. The van der Waals surface area contributed by atoms with Crippen molar-refractivity contribution in [3.63, 3.8) is 0 Å². The van der Waals surface area contributed by atoms with Crippen LogP contribution in [0.3, 0.4) is 0 Å². The fourth-order valence-corrected chi connectivity index (χ4v) is 1.71. The molecule has 1 aromatic rings. The molecule has 0 radical (unpaired) electrons. The van der Waals surface area contributed by atoms with Crippen LogP contribution in [0, 0.1) is 0 Å². The lowest BCUT2D eigenvalue weighted by atomic mass is 9.77. The van der Waals surface area contributed by atoms with Crippen molar-refractivity contribution < 1.29 is 19.9 Å². The summed E-state index contributed by atoms with van der Waals surface area (Å²) < 4.78 is 5.03. The molecule has 1 heterocycles. The molecule has 14 heavy (non-hydrogen) atoms. The van der Waals surface area contributed by atoms with E-state index in [2.05, 4.69) is 0 Å². The van der Waals surface area contributed by atoms with Gasteiger partial charge >= 0.3 is 7.12 Å². The first-order valence-corrected chi connectivity index (χ1v) is 4.42. The Morgan fingerprint density at radius 2 is 2.07 bits per heavy atom. The van der Waals surface area contributed by atoms with E-state index in [1.54, 1.807) is 12.1 Å². The normalized spacial score (nSPS) is 14.6. The third-order valence-electron chi connectivity index (χ3n) is 2.44. The van der Waals surface area contributed by atoms with Crippen LogP contribution in [-0.4, -0.2) is 22.4 Å². The van der Waals surface area contributed by atoms with E-state index in [1.807, 2.05) is 0 Å². The van der Waals surface area contributed by atoms with Gasteiger partial charge in [0.15, 0.2) is 0 Å². The molecule has 0 aromatic heterocycles. The van der Waals surface area contributed by atoms with E-state index < -0.39 is 7.12 Å². The van der Waals surface area contributed by atoms with Gasteiger partial charge in [0, 0.05) is 0 Å². The zero-order chi connectivity index (χ0) is 10.1. The molecule has 0 aliphatic carbocycles. The molecule has 0 spiro atoms. The Morgan fingerprint density at radius 3 is 2.71 bits per heavy atom. The first-order chi connectivity index (χ1) is 6.76. The topological polar surface area (TPSA) is 69.9 Å². The first kappa shape index (κ1) is 9.67. The Kier molecular flexibility index (Phi) is 2.56. The van der Waals surface area contributed by atoms with Crippen LogP contribution in [0.15, 0.2) is 12.1 Å². The predicted molar refractivity (Wildman–Crippen MR) is 50.7 cm³/mol. The summed E-state index contributed by atoms with van der Waals surface area (Å²) in [6, 6.07) is 3.42. The van der Waals surface area contributed by atoms with Crippen LogP contribution >= 0.6 is 0 Å². The van der Waals surface area contributed by atoms with Gasteiger partial charge in [-0.05, 0) is 22.2 Å². The maximum Gasteiger partial charge on any atom is 0.491 e. The summed E-state index contributed by atoms with van der Waals surface area (Å²) in [6.45, 7) is 0.108. The summed E-state index contributed by atoms with van der Waals surface area (Å²) in [6.07, 6.45) is 0. The van der Waals surface area contributed by atoms with Crippen molar-refractivity contribution in [3.8, 4) is 0 Å². The number of benzene rings is 1. The van der Waals surface area contributed by atoms with Gasteiger partial charge in [0.1, 0.15) is 0 Å². The average Bonchev–Trinajstić information content (AvgIpc) is 2.59. The molecule has 5 heteroatoms. The molecule has 0 saturated carbocycles. The van der Waals surface area contributed by atoms with Crippen molar-refractivity contribution in [2.75, 3.05) is 0 Å². The SMILES string of the molecule is OCc1cc(CO)c2c(c1)B(O)OC2. The number of aliphatic hydroxyl groups excluding tert-OH is 2. The lowest BCUT2D eigenvalue weighted by molar-refractivity contribution is 0.261. The minimum Gasteiger partial charge on any atom is -0.423 e.